The smallest absolute Gasteiger partial charge is 0.154 e. The lowest BCUT2D eigenvalue weighted by atomic mass is 10.00. The zero-order valence-electron chi connectivity index (χ0n) is 9.26. The SMILES string of the molecule is CS(=O)(=O)Cc1nnc2n1CC(CN)CC2. The van der Waals surface area contributed by atoms with Gasteiger partial charge in [-0.15, -0.1) is 10.2 Å². The maximum atomic E-state index is 11.2. The summed E-state index contributed by atoms with van der Waals surface area (Å²) in [6.07, 6.45) is 3.05. The highest BCUT2D eigenvalue weighted by atomic mass is 32.2. The molecule has 0 saturated heterocycles. The third kappa shape index (κ3) is 2.41. The number of aromatic nitrogens is 3. The van der Waals surface area contributed by atoms with Crippen LogP contribution in [-0.2, 0) is 28.6 Å². The highest BCUT2D eigenvalue weighted by Gasteiger charge is 2.23. The molecule has 0 fully saturated rings. The van der Waals surface area contributed by atoms with Gasteiger partial charge in [-0.05, 0) is 18.9 Å². The second-order valence-corrected chi connectivity index (χ2v) is 6.49. The Bertz CT molecular complexity index is 480. The first-order valence-corrected chi connectivity index (χ1v) is 7.34. The molecular weight excluding hydrogens is 228 g/mol. The first-order valence-electron chi connectivity index (χ1n) is 5.28. The number of fused-ring (bicyclic) bond motifs is 1. The lowest BCUT2D eigenvalue weighted by Gasteiger charge is -2.22. The van der Waals surface area contributed by atoms with Crippen molar-refractivity contribution in [3.05, 3.63) is 11.6 Å². The van der Waals surface area contributed by atoms with Crippen molar-refractivity contribution in [1.82, 2.24) is 14.8 Å². The Morgan fingerprint density at radius 2 is 2.25 bits per heavy atom. The number of sulfone groups is 1. The summed E-state index contributed by atoms with van der Waals surface area (Å²) in [6, 6.07) is 0. The van der Waals surface area contributed by atoms with E-state index in [9.17, 15) is 8.42 Å². The molecule has 1 aromatic rings. The summed E-state index contributed by atoms with van der Waals surface area (Å²) >= 11 is 0. The maximum Gasteiger partial charge on any atom is 0.154 e. The number of hydrogen-bond donors (Lipinski definition) is 1. The monoisotopic (exact) mass is 244 g/mol. The molecule has 1 atom stereocenters. The Hall–Kier alpha value is -0.950. The molecule has 0 bridgehead atoms. The Kier molecular flexibility index (Phi) is 2.98. The van der Waals surface area contributed by atoms with Crippen LogP contribution in [0.5, 0.6) is 0 Å². The van der Waals surface area contributed by atoms with E-state index < -0.39 is 9.84 Å². The minimum absolute atomic E-state index is 0.0444. The van der Waals surface area contributed by atoms with Crippen molar-refractivity contribution in [1.29, 1.82) is 0 Å². The fourth-order valence-electron chi connectivity index (χ4n) is 1.98. The van der Waals surface area contributed by atoms with Gasteiger partial charge in [-0.2, -0.15) is 0 Å². The van der Waals surface area contributed by atoms with Gasteiger partial charge in [0.05, 0.1) is 0 Å². The van der Waals surface area contributed by atoms with Crippen molar-refractivity contribution in [3.8, 4) is 0 Å². The molecule has 2 heterocycles. The second-order valence-electron chi connectivity index (χ2n) is 4.35. The van der Waals surface area contributed by atoms with E-state index in [0.717, 1.165) is 25.2 Å². The van der Waals surface area contributed by atoms with E-state index in [-0.39, 0.29) is 5.75 Å². The third-order valence-corrected chi connectivity index (χ3v) is 3.63. The topological polar surface area (TPSA) is 90.9 Å². The number of nitrogens with two attached hydrogens (primary N) is 1. The van der Waals surface area contributed by atoms with Crippen molar-refractivity contribution in [3.63, 3.8) is 0 Å². The Morgan fingerprint density at radius 1 is 1.50 bits per heavy atom. The van der Waals surface area contributed by atoms with E-state index >= 15 is 0 Å². The van der Waals surface area contributed by atoms with Crippen molar-refractivity contribution < 1.29 is 8.42 Å². The fraction of sp³-hybridized carbons (Fsp3) is 0.778. The lowest BCUT2D eigenvalue weighted by Crippen LogP contribution is -2.27. The molecule has 0 saturated carbocycles. The summed E-state index contributed by atoms with van der Waals surface area (Å²) in [6.45, 7) is 1.36. The van der Waals surface area contributed by atoms with E-state index in [1.54, 1.807) is 0 Å². The summed E-state index contributed by atoms with van der Waals surface area (Å²) in [5, 5.41) is 7.96. The average molecular weight is 244 g/mol. The van der Waals surface area contributed by atoms with Crippen LogP contribution < -0.4 is 5.73 Å². The number of aryl methyl sites for hydroxylation is 1. The fourth-order valence-corrected chi connectivity index (χ4v) is 2.67. The van der Waals surface area contributed by atoms with Gasteiger partial charge in [0.2, 0.25) is 0 Å². The standard InChI is InChI=1S/C9H16N4O2S/c1-16(14,15)6-9-12-11-8-3-2-7(4-10)5-13(8)9/h7H,2-6,10H2,1H3. The van der Waals surface area contributed by atoms with Crippen LogP contribution in [0.3, 0.4) is 0 Å². The zero-order chi connectivity index (χ0) is 11.8. The maximum absolute atomic E-state index is 11.2. The molecule has 2 rings (SSSR count). The number of hydrogen-bond acceptors (Lipinski definition) is 5. The molecule has 1 aliphatic heterocycles. The van der Waals surface area contributed by atoms with Crippen molar-refractivity contribution in [2.75, 3.05) is 12.8 Å². The minimum Gasteiger partial charge on any atom is -0.330 e. The summed E-state index contributed by atoms with van der Waals surface area (Å²) in [4.78, 5) is 0. The van der Waals surface area contributed by atoms with Gasteiger partial charge in [-0.3, -0.25) is 0 Å². The highest BCUT2D eigenvalue weighted by Crippen LogP contribution is 2.19. The summed E-state index contributed by atoms with van der Waals surface area (Å²) in [7, 11) is -3.06. The van der Waals surface area contributed by atoms with Gasteiger partial charge in [0, 0.05) is 19.2 Å². The van der Waals surface area contributed by atoms with Crippen LogP contribution in [0, 0.1) is 5.92 Å². The van der Waals surface area contributed by atoms with Crippen LogP contribution >= 0.6 is 0 Å². The normalized spacial score (nSPS) is 20.8. The van der Waals surface area contributed by atoms with E-state index in [2.05, 4.69) is 10.2 Å². The van der Waals surface area contributed by atoms with Gasteiger partial charge in [-0.1, -0.05) is 0 Å². The van der Waals surface area contributed by atoms with Crippen LogP contribution in [0.2, 0.25) is 0 Å². The van der Waals surface area contributed by atoms with Gasteiger partial charge >= 0.3 is 0 Å². The molecule has 0 amide bonds. The summed E-state index contributed by atoms with van der Waals surface area (Å²) in [5.74, 6) is 1.78. The predicted octanol–water partition coefficient (Wildman–Crippen LogP) is -0.656. The van der Waals surface area contributed by atoms with Crippen LogP contribution in [0.1, 0.15) is 18.1 Å². The molecule has 0 spiro atoms. The first-order chi connectivity index (χ1) is 7.49. The molecule has 1 unspecified atom stereocenters. The molecule has 1 aliphatic rings. The average Bonchev–Trinajstić information content (AvgIpc) is 2.58. The zero-order valence-corrected chi connectivity index (χ0v) is 10.1. The Labute approximate surface area is 94.8 Å². The van der Waals surface area contributed by atoms with Crippen LogP contribution in [0.15, 0.2) is 0 Å². The van der Waals surface area contributed by atoms with Gasteiger partial charge < -0.3 is 10.3 Å². The van der Waals surface area contributed by atoms with Crippen molar-refractivity contribution in [2.24, 2.45) is 11.7 Å². The lowest BCUT2D eigenvalue weighted by molar-refractivity contribution is 0.368. The van der Waals surface area contributed by atoms with Crippen molar-refractivity contribution >= 4 is 9.84 Å². The molecule has 0 aromatic carbocycles. The summed E-state index contributed by atoms with van der Waals surface area (Å²) < 4.78 is 24.4. The van der Waals surface area contributed by atoms with Gasteiger partial charge in [0.1, 0.15) is 17.4 Å². The van der Waals surface area contributed by atoms with E-state index in [1.807, 2.05) is 4.57 Å². The van der Waals surface area contributed by atoms with Crippen LogP contribution in [0.25, 0.3) is 0 Å². The number of nitrogens with zero attached hydrogens (tertiary/aromatic N) is 3. The molecule has 90 valence electrons. The molecule has 0 radical (unpaired) electrons. The van der Waals surface area contributed by atoms with E-state index in [0.29, 0.717) is 18.3 Å². The van der Waals surface area contributed by atoms with Gasteiger partial charge in [0.25, 0.3) is 0 Å². The molecular formula is C9H16N4O2S. The highest BCUT2D eigenvalue weighted by molar-refractivity contribution is 7.89. The quantitative estimate of drug-likeness (QED) is 0.762. The van der Waals surface area contributed by atoms with Crippen molar-refractivity contribution in [2.45, 2.75) is 25.1 Å². The third-order valence-electron chi connectivity index (χ3n) is 2.85. The molecule has 16 heavy (non-hydrogen) atoms. The van der Waals surface area contributed by atoms with E-state index in [1.165, 1.54) is 6.26 Å². The Morgan fingerprint density at radius 3 is 2.88 bits per heavy atom. The molecule has 6 nitrogen and oxygen atoms in total. The van der Waals surface area contributed by atoms with Crippen LogP contribution in [-0.4, -0.2) is 36.0 Å². The predicted molar refractivity (Wildman–Crippen MR) is 59.4 cm³/mol. The van der Waals surface area contributed by atoms with E-state index in [4.69, 9.17) is 5.73 Å². The number of rotatable bonds is 3. The van der Waals surface area contributed by atoms with Crippen LogP contribution in [0.4, 0.5) is 0 Å². The molecule has 2 N–H and O–H groups in total. The Balaban J connectivity index is 2.26. The van der Waals surface area contributed by atoms with Gasteiger partial charge in [-0.25, -0.2) is 8.42 Å². The molecule has 0 aliphatic carbocycles. The van der Waals surface area contributed by atoms with Gasteiger partial charge in [0.15, 0.2) is 9.84 Å². The first kappa shape index (κ1) is 11.5. The second kappa shape index (κ2) is 4.14. The molecule has 1 aromatic heterocycles. The minimum atomic E-state index is -3.06. The molecule has 7 heteroatoms. The summed E-state index contributed by atoms with van der Waals surface area (Å²) in [5.41, 5.74) is 5.63. The largest absolute Gasteiger partial charge is 0.330 e.